The topological polar surface area (TPSA) is 79.9 Å². The lowest BCUT2D eigenvalue weighted by Gasteiger charge is -2.37. The van der Waals surface area contributed by atoms with Gasteiger partial charge in [-0.05, 0) is 34.4 Å². The summed E-state index contributed by atoms with van der Waals surface area (Å²) < 4.78 is 13.1. The molecule has 5 aromatic carbocycles. The molecular weight excluding hydrogens is 562 g/mol. The molecule has 3 amide bonds. The van der Waals surface area contributed by atoms with Gasteiger partial charge < -0.3 is 19.7 Å². The van der Waals surface area contributed by atoms with E-state index in [-0.39, 0.29) is 12.6 Å². The first-order valence-electron chi connectivity index (χ1n) is 15.0. The summed E-state index contributed by atoms with van der Waals surface area (Å²) in [5.74, 6) is 0. The number of nitrogens with zero attached hydrogens (tertiary/aromatic N) is 1. The van der Waals surface area contributed by atoms with Crippen LogP contribution < -0.4 is 10.6 Å². The van der Waals surface area contributed by atoms with Crippen LogP contribution in [0.15, 0.2) is 152 Å². The molecule has 226 valence electrons. The minimum atomic E-state index is -1.02. The van der Waals surface area contributed by atoms with Gasteiger partial charge in [0.25, 0.3) is 0 Å². The summed E-state index contributed by atoms with van der Waals surface area (Å²) in [6.07, 6.45) is -1.44. The van der Waals surface area contributed by atoms with Crippen LogP contribution >= 0.6 is 0 Å². The second-order valence-corrected chi connectivity index (χ2v) is 10.9. The number of nitrogens with one attached hydrogen (secondary N) is 2. The summed E-state index contributed by atoms with van der Waals surface area (Å²) in [6, 6.07) is 48.3. The van der Waals surface area contributed by atoms with Crippen molar-refractivity contribution in [1.82, 2.24) is 10.2 Å². The predicted molar refractivity (Wildman–Crippen MR) is 175 cm³/mol. The SMILES string of the molecule is O=C(Nc1ccccc1)O[C@@H](COC(c1ccccc1)(c1ccccc1)c1ccccc1)[C@@H]1CN(Cc2ccccc2)C(=O)N1. The lowest BCUT2D eigenvalue weighted by atomic mass is 9.80. The van der Waals surface area contributed by atoms with Gasteiger partial charge in [0.1, 0.15) is 11.7 Å². The number of carbonyl (C=O) groups is 2. The van der Waals surface area contributed by atoms with Crippen molar-refractivity contribution in [3.8, 4) is 0 Å². The zero-order valence-corrected chi connectivity index (χ0v) is 24.8. The van der Waals surface area contributed by atoms with E-state index in [1.54, 1.807) is 17.0 Å². The molecule has 1 aliphatic rings. The highest BCUT2D eigenvalue weighted by Crippen LogP contribution is 2.40. The van der Waals surface area contributed by atoms with Crippen molar-refractivity contribution < 1.29 is 19.1 Å². The van der Waals surface area contributed by atoms with Crippen molar-refractivity contribution in [2.75, 3.05) is 18.5 Å². The first kappa shape index (κ1) is 29.7. The zero-order chi connectivity index (χ0) is 30.9. The molecule has 0 unspecified atom stereocenters. The Labute approximate surface area is 263 Å². The molecule has 1 saturated heterocycles. The smallest absolute Gasteiger partial charge is 0.412 e. The van der Waals surface area contributed by atoms with Gasteiger partial charge in [0.2, 0.25) is 0 Å². The third-order valence-corrected chi connectivity index (χ3v) is 7.96. The van der Waals surface area contributed by atoms with Gasteiger partial charge in [0.15, 0.2) is 0 Å². The number of hydrogen-bond donors (Lipinski definition) is 2. The number of amides is 3. The van der Waals surface area contributed by atoms with Crippen molar-refractivity contribution in [3.63, 3.8) is 0 Å². The molecule has 2 atom stereocenters. The van der Waals surface area contributed by atoms with Gasteiger partial charge in [-0.15, -0.1) is 0 Å². The number of carbonyl (C=O) groups excluding carboxylic acids is 2. The average Bonchev–Trinajstić information content (AvgIpc) is 3.46. The van der Waals surface area contributed by atoms with E-state index < -0.39 is 23.8 Å². The summed E-state index contributed by atoms with van der Waals surface area (Å²) in [5.41, 5.74) is 3.38. The monoisotopic (exact) mass is 597 g/mol. The van der Waals surface area contributed by atoms with E-state index in [1.165, 1.54) is 0 Å². The van der Waals surface area contributed by atoms with Crippen LogP contribution in [0.5, 0.6) is 0 Å². The highest BCUT2D eigenvalue weighted by atomic mass is 16.6. The molecule has 0 saturated carbocycles. The van der Waals surface area contributed by atoms with Crippen molar-refractivity contribution in [2.45, 2.75) is 24.3 Å². The van der Waals surface area contributed by atoms with E-state index in [0.717, 1.165) is 22.3 Å². The second-order valence-electron chi connectivity index (χ2n) is 10.9. The summed E-state index contributed by atoms with van der Waals surface area (Å²) in [7, 11) is 0. The van der Waals surface area contributed by atoms with Crippen LogP contribution in [0.3, 0.4) is 0 Å². The first-order chi connectivity index (χ1) is 22.1. The van der Waals surface area contributed by atoms with E-state index in [9.17, 15) is 9.59 Å². The van der Waals surface area contributed by atoms with Gasteiger partial charge in [-0.3, -0.25) is 5.32 Å². The Hall–Kier alpha value is -5.40. The van der Waals surface area contributed by atoms with Gasteiger partial charge in [-0.1, -0.05) is 140 Å². The Kier molecular flexibility index (Phi) is 9.18. The average molecular weight is 598 g/mol. The van der Waals surface area contributed by atoms with Crippen molar-refractivity contribution >= 4 is 17.8 Å². The van der Waals surface area contributed by atoms with Gasteiger partial charge >= 0.3 is 12.1 Å². The summed E-state index contributed by atoms with van der Waals surface area (Å²) in [6.45, 7) is 0.787. The Morgan fingerprint density at radius 1 is 0.733 bits per heavy atom. The second kappa shape index (κ2) is 13.9. The van der Waals surface area contributed by atoms with Crippen molar-refractivity contribution in [2.24, 2.45) is 0 Å². The van der Waals surface area contributed by atoms with Gasteiger partial charge in [-0.2, -0.15) is 0 Å². The number of hydrogen-bond acceptors (Lipinski definition) is 4. The zero-order valence-electron chi connectivity index (χ0n) is 24.8. The molecule has 2 N–H and O–H groups in total. The van der Waals surface area contributed by atoms with Crippen molar-refractivity contribution in [1.29, 1.82) is 0 Å². The standard InChI is InChI=1S/C38H35N3O4/c42-36-40-34(27-41(36)26-29-16-6-1-7-17-29)35(45-37(43)39-33-24-14-5-15-25-33)28-44-38(30-18-8-2-9-19-30,31-20-10-3-11-21-31)32-22-12-4-13-23-32/h1-25,34-35H,26-28H2,(H,39,43)(H,40,42)/t34-,35-/m0/s1. The highest BCUT2D eigenvalue weighted by Gasteiger charge is 2.42. The van der Waals surface area contributed by atoms with E-state index in [4.69, 9.17) is 9.47 Å². The fraction of sp³-hybridized carbons (Fsp3) is 0.158. The van der Waals surface area contributed by atoms with E-state index in [0.29, 0.717) is 18.8 Å². The molecule has 0 aliphatic carbocycles. The van der Waals surface area contributed by atoms with Crippen LogP contribution in [-0.4, -0.2) is 42.3 Å². The quantitative estimate of drug-likeness (QED) is 0.158. The molecule has 45 heavy (non-hydrogen) atoms. The van der Waals surface area contributed by atoms with Crippen LogP contribution in [0.25, 0.3) is 0 Å². The maximum absolute atomic E-state index is 13.3. The largest absolute Gasteiger partial charge is 0.441 e. The molecule has 0 spiro atoms. The summed E-state index contributed by atoms with van der Waals surface area (Å²) >= 11 is 0. The van der Waals surface area contributed by atoms with Crippen LogP contribution in [0, 0.1) is 0 Å². The minimum absolute atomic E-state index is 0.00498. The Balaban J connectivity index is 1.33. The number of anilines is 1. The molecule has 6 rings (SSSR count). The fourth-order valence-electron chi connectivity index (χ4n) is 5.78. The van der Waals surface area contributed by atoms with Crippen LogP contribution in [-0.2, 0) is 21.6 Å². The Morgan fingerprint density at radius 2 is 1.20 bits per heavy atom. The molecule has 7 nitrogen and oxygen atoms in total. The maximum atomic E-state index is 13.3. The Morgan fingerprint density at radius 3 is 1.71 bits per heavy atom. The number of para-hydroxylation sites is 1. The van der Waals surface area contributed by atoms with Crippen LogP contribution in [0.4, 0.5) is 15.3 Å². The van der Waals surface area contributed by atoms with Gasteiger partial charge in [0, 0.05) is 18.8 Å². The van der Waals surface area contributed by atoms with Gasteiger partial charge in [0.05, 0.1) is 12.6 Å². The molecule has 0 bridgehead atoms. The molecule has 5 aromatic rings. The summed E-state index contributed by atoms with van der Waals surface area (Å²) in [5, 5.41) is 5.86. The third-order valence-electron chi connectivity index (χ3n) is 7.96. The first-order valence-corrected chi connectivity index (χ1v) is 15.0. The molecule has 1 heterocycles. The highest BCUT2D eigenvalue weighted by molar-refractivity contribution is 5.84. The number of benzene rings is 5. The minimum Gasteiger partial charge on any atom is -0.441 e. The van der Waals surface area contributed by atoms with Gasteiger partial charge in [-0.25, -0.2) is 9.59 Å². The maximum Gasteiger partial charge on any atom is 0.412 e. The molecule has 1 fully saturated rings. The normalized spacial score (nSPS) is 15.2. The number of rotatable bonds is 11. The molecular formula is C38H35N3O4. The molecule has 7 heteroatoms. The van der Waals surface area contributed by atoms with Crippen LogP contribution in [0.2, 0.25) is 0 Å². The number of urea groups is 1. The van der Waals surface area contributed by atoms with Crippen molar-refractivity contribution in [3.05, 3.63) is 174 Å². The van der Waals surface area contributed by atoms with Crippen LogP contribution in [0.1, 0.15) is 22.3 Å². The lowest BCUT2D eigenvalue weighted by Crippen LogP contribution is -2.46. The van der Waals surface area contributed by atoms with E-state index in [1.807, 2.05) is 140 Å². The lowest BCUT2D eigenvalue weighted by molar-refractivity contribution is -0.0487. The molecule has 0 radical (unpaired) electrons. The van der Waals surface area contributed by atoms with E-state index in [2.05, 4.69) is 10.6 Å². The molecule has 0 aromatic heterocycles. The third kappa shape index (κ3) is 6.89. The predicted octanol–water partition coefficient (Wildman–Crippen LogP) is 7.21. The number of ether oxygens (including phenoxy) is 2. The Bertz CT molecular complexity index is 1570. The molecule has 1 aliphatic heterocycles. The van der Waals surface area contributed by atoms with E-state index >= 15 is 0 Å². The fourth-order valence-corrected chi connectivity index (χ4v) is 5.78. The summed E-state index contributed by atoms with van der Waals surface area (Å²) in [4.78, 5) is 28.1.